The Balaban J connectivity index is 1.69. The van der Waals surface area contributed by atoms with E-state index in [1.165, 1.54) is 45.8 Å². The molecule has 1 amide bonds. The zero-order valence-corrected chi connectivity index (χ0v) is 18.4. The van der Waals surface area contributed by atoms with Gasteiger partial charge in [0.15, 0.2) is 0 Å². The van der Waals surface area contributed by atoms with Crippen LogP contribution in [-0.2, 0) is 11.2 Å². The highest BCUT2D eigenvalue weighted by Gasteiger charge is 2.29. The molecule has 1 N–H and O–H groups in total. The van der Waals surface area contributed by atoms with Gasteiger partial charge in [0.1, 0.15) is 5.69 Å². The number of methoxy groups -OCH3 is 1. The van der Waals surface area contributed by atoms with E-state index in [-0.39, 0.29) is 11.9 Å². The third kappa shape index (κ3) is 5.21. The van der Waals surface area contributed by atoms with Crippen molar-refractivity contribution in [3.63, 3.8) is 0 Å². The number of aromatic amines is 1. The molecule has 6 heteroatoms. The largest absolute Gasteiger partial charge is 0.465 e. The topological polar surface area (TPSA) is 65.6 Å². The minimum Gasteiger partial charge on any atom is -0.465 e. The molecule has 1 aliphatic heterocycles. The molecule has 2 heterocycles. The van der Waals surface area contributed by atoms with Gasteiger partial charge in [-0.2, -0.15) is 0 Å². The Hall–Kier alpha value is -1.82. The minimum atomic E-state index is -0.365. The monoisotopic (exact) mass is 403 g/mol. The number of esters is 1. The Bertz CT molecular complexity index is 706. The van der Waals surface area contributed by atoms with Crippen LogP contribution < -0.4 is 0 Å². The number of hydrogen-bond donors (Lipinski definition) is 1. The number of ether oxygens (including phenoxy) is 1. The maximum absolute atomic E-state index is 13.3. The zero-order valence-electron chi connectivity index (χ0n) is 18.4. The fourth-order valence-corrected chi connectivity index (χ4v) is 4.99. The zero-order chi connectivity index (χ0) is 20.8. The molecule has 1 aromatic rings. The Labute approximate surface area is 175 Å². The second kappa shape index (κ2) is 10.3. The molecule has 1 saturated carbocycles. The number of nitrogens with one attached hydrogen (secondary N) is 1. The van der Waals surface area contributed by atoms with Crippen LogP contribution in [0.25, 0.3) is 0 Å². The number of aryl methyl sites for hydroxylation is 1. The van der Waals surface area contributed by atoms with Crippen molar-refractivity contribution in [1.29, 1.82) is 0 Å². The van der Waals surface area contributed by atoms with E-state index in [4.69, 9.17) is 4.74 Å². The first-order chi connectivity index (χ1) is 14.0. The van der Waals surface area contributed by atoms with Crippen LogP contribution in [0.4, 0.5) is 0 Å². The molecule has 2 aliphatic rings. The summed E-state index contributed by atoms with van der Waals surface area (Å²) in [6.45, 7) is 8.62. The van der Waals surface area contributed by atoms with Gasteiger partial charge in [0, 0.05) is 31.9 Å². The first kappa shape index (κ1) is 21.9. The summed E-state index contributed by atoms with van der Waals surface area (Å²) in [6.07, 6.45) is 9.42. The van der Waals surface area contributed by atoms with Crippen LogP contribution in [0.2, 0.25) is 0 Å². The van der Waals surface area contributed by atoms with E-state index >= 15 is 0 Å². The quantitative estimate of drug-likeness (QED) is 0.734. The Morgan fingerprint density at radius 1 is 1.07 bits per heavy atom. The van der Waals surface area contributed by atoms with E-state index in [1.807, 2.05) is 11.8 Å². The summed E-state index contributed by atoms with van der Waals surface area (Å²) in [5.41, 5.74) is 2.64. The average Bonchev–Trinajstić information content (AvgIpc) is 2.89. The number of carbonyl (C=O) groups excluding carboxylic acids is 2. The molecule has 0 radical (unpaired) electrons. The molecule has 3 rings (SSSR count). The van der Waals surface area contributed by atoms with E-state index < -0.39 is 0 Å². The molecular formula is C23H37N3O3. The summed E-state index contributed by atoms with van der Waals surface area (Å²) >= 11 is 0. The number of aromatic nitrogens is 1. The van der Waals surface area contributed by atoms with Crippen molar-refractivity contribution < 1.29 is 14.3 Å². The molecule has 1 aromatic heterocycles. The van der Waals surface area contributed by atoms with Crippen molar-refractivity contribution in [2.45, 2.75) is 65.2 Å². The number of H-pyrrole nitrogens is 1. The fourth-order valence-electron chi connectivity index (χ4n) is 4.99. The van der Waals surface area contributed by atoms with Crippen LogP contribution >= 0.6 is 0 Å². The summed E-state index contributed by atoms with van der Waals surface area (Å²) < 4.78 is 4.96. The summed E-state index contributed by atoms with van der Waals surface area (Å²) in [5.74, 6) is 0.484. The standard InChI is InChI=1S/C23H37N3O3/c1-4-9-19-20(23(28)29-3)17(2)24-21(19)22(27)26-13-8-12-25(14-15-26)16-18-10-6-5-7-11-18/h18,24H,4-16H2,1-3H3. The summed E-state index contributed by atoms with van der Waals surface area (Å²) in [6, 6.07) is 0. The Morgan fingerprint density at radius 3 is 2.52 bits per heavy atom. The van der Waals surface area contributed by atoms with Crippen LogP contribution in [0.5, 0.6) is 0 Å². The summed E-state index contributed by atoms with van der Waals surface area (Å²) in [5, 5.41) is 0. The van der Waals surface area contributed by atoms with Gasteiger partial charge in [0.05, 0.1) is 12.7 Å². The average molecular weight is 404 g/mol. The Kier molecular flexibility index (Phi) is 7.76. The fraction of sp³-hybridized carbons (Fsp3) is 0.739. The lowest BCUT2D eigenvalue weighted by atomic mass is 9.89. The summed E-state index contributed by atoms with van der Waals surface area (Å²) in [7, 11) is 1.39. The Morgan fingerprint density at radius 2 is 1.83 bits per heavy atom. The maximum atomic E-state index is 13.3. The third-order valence-electron chi connectivity index (χ3n) is 6.51. The third-order valence-corrected chi connectivity index (χ3v) is 6.51. The lowest BCUT2D eigenvalue weighted by molar-refractivity contribution is 0.0599. The first-order valence-corrected chi connectivity index (χ1v) is 11.4. The predicted octanol–water partition coefficient (Wildman–Crippen LogP) is 3.79. The number of rotatable bonds is 6. The van der Waals surface area contributed by atoms with E-state index in [2.05, 4.69) is 16.8 Å². The van der Waals surface area contributed by atoms with E-state index in [0.717, 1.165) is 56.2 Å². The molecular weight excluding hydrogens is 366 g/mol. The number of hydrogen-bond acceptors (Lipinski definition) is 4. The minimum absolute atomic E-state index is 0.0196. The molecule has 1 saturated heterocycles. The van der Waals surface area contributed by atoms with Crippen molar-refractivity contribution in [2.24, 2.45) is 5.92 Å². The van der Waals surface area contributed by atoms with E-state index in [0.29, 0.717) is 17.7 Å². The van der Waals surface area contributed by atoms with Crippen molar-refractivity contribution in [1.82, 2.24) is 14.8 Å². The number of amides is 1. The SMILES string of the molecule is CCCc1c(C(=O)N2CCCN(CC3CCCCC3)CC2)[nH]c(C)c1C(=O)OC. The first-order valence-electron chi connectivity index (χ1n) is 11.4. The second-order valence-corrected chi connectivity index (χ2v) is 8.67. The predicted molar refractivity (Wildman–Crippen MR) is 114 cm³/mol. The van der Waals surface area contributed by atoms with Gasteiger partial charge in [-0.05, 0) is 50.6 Å². The summed E-state index contributed by atoms with van der Waals surface area (Å²) in [4.78, 5) is 33.3. The molecule has 162 valence electrons. The van der Waals surface area contributed by atoms with E-state index in [9.17, 15) is 9.59 Å². The van der Waals surface area contributed by atoms with E-state index in [1.54, 1.807) is 0 Å². The number of carbonyl (C=O) groups is 2. The van der Waals surface area contributed by atoms with Gasteiger partial charge >= 0.3 is 5.97 Å². The highest BCUT2D eigenvalue weighted by atomic mass is 16.5. The number of nitrogens with zero attached hydrogens (tertiary/aromatic N) is 2. The van der Waals surface area contributed by atoms with Gasteiger partial charge in [-0.1, -0.05) is 32.6 Å². The van der Waals surface area contributed by atoms with Gasteiger partial charge in [0.25, 0.3) is 5.91 Å². The van der Waals surface area contributed by atoms with Gasteiger partial charge in [-0.3, -0.25) is 4.79 Å². The second-order valence-electron chi connectivity index (χ2n) is 8.67. The molecule has 6 nitrogen and oxygen atoms in total. The molecule has 0 spiro atoms. The van der Waals surface area contributed by atoms with Crippen LogP contribution in [0.3, 0.4) is 0 Å². The molecule has 2 fully saturated rings. The van der Waals surface area contributed by atoms with Crippen molar-refractivity contribution in [3.8, 4) is 0 Å². The van der Waals surface area contributed by atoms with Crippen LogP contribution in [0.15, 0.2) is 0 Å². The van der Waals surface area contributed by atoms with Gasteiger partial charge in [-0.15, -0.1) is 0 Å². The lowest BCUT2D eigenvalue weighted by Gasteiger charge is -2.28. The molecule has 0 aromatic carbocycles. The van der Waals surface area contributed by atoms with Crippen molar-refractivity contribution >= 4 is 11.9 Å². The molecule has 1 aliphatic carbocycles. The van der Waals surface area contributed by atoms with Crippen LogP contribution in [-0.4, -0.2) is 66.5 Å². The highest BCUT2D eigenvalue weighted by Crippen LogP contribution is 2.26. The molecule has 0 bridgehead atoms. The van der Waals surface area contributed by atoms with Gasteiger partial charge in [0.2, 0.25) is 0 Å². The normalized spacial score (nSPS) is 19.2. The van der Waals surface area contributed by atoms with Crippen LogP contribution in [0, 0.1) is 12.8 Å². The molecule has 0 atom stereocenters. The van der Waals surface area contributed by atoms with Gasteiger partial charge in [-0.25, -0.2) is 4.79 Å². The molecule has 29 heavy (non-hydrogen) atoms. The van der Waals surface area contributed by atoms with Crippen molar-refractivity contribution in [3.05, 3.63) is 22.5 Å². The smallest absolute Gasteiger partial charge is 0.339 e. The maximum Gasteiger partial charge on any atom is 0.339 e. The van der Waals surface area contributed by atoms with Crippen molar-refractivity contribution in [2.75, 3.05) is 39.8 Å². The van der Waals surface area contributed by atoms with Gasteiger partial charge < -0.3 is 19.5 Å². The van der Waals surface area contributed by atoms with Crippen LogP contribution in [0.1, 0.15) is 84.0 Å². The lowest BCUT2D eigenvalue weighted by Crippen LogP contribution is -2.37. The highest BCUT2D eigenvalue weighted by molar-refractivity contribution is 6.00. The molecule has 0 unspecified atom stereocenters.